The normalized spacial score (nSPS) is 13.7. The lowest BCUT2D eigenvalue weighted by atomic mass is 10.1. The van der Waals surface area contributed by atoms with E-state index in [1.165, 1.54) is 17.3 Å². The quantitative estimate of drug-likeness (QED) is 0.485. The molecule has 1 aliphatic rings. The molecule has 0 saturated carbocycles. The molecule has 0 bridgehead atoms. The molecule has 118 valence electrons. The third kappa shape index (κ3) is 3.08. The van der Waals surface area contributed by atoms with Crippen LogP contribution in [0.4, 0.5) is 0 Å². The summed E-state index contributed by atoms with van der Waals surface area (Å²) in [7, 11) is 0. The van der Waals surface area contributed by atoms with Crippen LogP contribution in [-0.4, -0.2) is 39.9 Å². The third-order valence-corrected chi connectivity index (χ3v) is 3.03. The van der Waals surface area contributed by atoms with Crippen molar-refractivity contribution in [2.24, 2.45) is 5.16 Å². The number of benzene rings is 1. The van der Waals surface area contributed by atoms with Crippen molar-refractivity contribution in [1.82, 2.24) is 14.8 Å². The van der Waals surface area contributed by atoms with Crippen LogP contribution in [-0.2, 0) is 4.84 Å². The fourth-order valence-corrected chi connectivity index (χ4v) is 2.05. The average Bonchev–Trinajstić information content (AvgIpc) is 3.08. The number of oxime groups is 1. The fraction of sp³-hybridized carbons (Fsp3) is 0.333. The number of rotatable bonds is 3. The second kappa shape index (κ2) is 6.36. The van der Waals surface area contributed by atoms with Crippen LogP contribution in [0, 0.1) is 11.3 Å². The van der Waals surface area contributed by atoms with Crippen molar-refractivity contribution in [3.8, 4) is 17.6 Å². The van der Waals surface area contributed by atoms with Gasteiger partial charge in [0, 0.05) is 11.6 Å². The molecule has 0 unspecified atom stereocenters. The van der Waals surface area contributed by atoms with Gasteiger partial charge in [-0.15, -0.1) is 0 Å². The molecule has 23 heavy (non-hydrogen) atoms. The highest BCUT2D eigenvalue weighted by Gasteiger charge is 2.21. The molecule has 0 aliphatic carbocycles. The molecule has 3 rings (SSSR count). The summed E-state index contributed by atoms with van der Waals surface area (Å²) in [5, 5.41) is 17.7. The Morgan fingerprint density at radius 3 is 2.70 bits per heavy atom. The fourth-order valence-electron chi connectivity index (χ4n) is 2.05. The highest BCUT2D eigenvalue weighted by atomic mass is 16.6. The highest BCUT2D eigenvalue weighted by molar-refractivity contribution is 6.02. The Hall–Kier alpha value is -3.08. The van der Waals surface area contributed by atoms with Crippen molar-refractivity contribution < 1.29 is 14.3 Å². The third-order valence-electron chi connectivity index (χ3n) is 3.03. The van der Waals surface area contributed by atoms with Gasteiger partial charge in [0.2, 0.25) is 5.84 Å². The summed E-state index contributed by atoms with van der Waals surface area (Å²) >= 11 is 0. The summed E-state index contributed by atoms with van der Waals surface area (Å²) in [6, 6.07) is 5.48. The number of nitrogens with zero attached hydrogens (tertiary/aromatic N) is 5. The second-order valence-corrected chi connectivity index (χ2v) is 5.06. The number of ether oxygens (including phenoxy) is 2. The number of fused-ring (bicyclic) bond motifs is 1. The zero-order valence-electron chi connectivity index (χ0n) is 12.8. The maximum atomic E-state index is 9.46. The molecule has 0 N–H and O–H groups in total. The molecule has 0 spiro atoms. The molecule has 0 atom stereocenters. The maximum Gasteiger partial charge on any atom is 0.202 e. The Balaban J connectivity index is 2.12. The lowest BCUT2D eigenvalue weighted by Gasteiger charge is -2.20. The first-order valence-electron chi connectivity index (χ1n) is 7.12. The number of hydrogen-bond donors (Lipinski definition) is 0. The molecule has 8 nitrogen and oxygen atoms in total. The molecule has 1 aromatic carbocycles. The Bertz CT molecular complexity index is 762. The minimum absolute atomic E-state index is 0.115. The van der Waals surface area contributed by atoms with Gasteiger partial charge < -0.3 is 14.3 Å². The van der Waals surface area contributed by atoms with E-state index < -0.39 is 0 Å². The van der Waals surface area contributed by atoms with Crippen LogP contribution in [0.15, 0.2) is 29.9 Å². The van der Waals surface area contributed by atoms with Gasteiger partial charge in [0.05, 0.1) is 5.56 Å². The second-order valence-electron chi connectivity index (χ2n) is 5.06. The van der Waals surface area contributed by atoms with Crippen LogP contribution in [0.3, 0.4) is 0 Å². The zero-order valence-corrected chi connectivity index (χ0v) is 12.8. The van der Waals surface area contributed by atoms with E-state index in [0.717, 1.165) is 0 Å². The standard InChI is InChI=1S/C15H15N5O3/c1-10(2)23-19-15(20-9-17-8-18-20)12-6-14-13(5-11(12)7-16)21-3-4-22-14/h5-6,8-10H,3-4H2,1-2H3/b19-15-. The Kier molecular flexibility index (Phi) is 4.10. The van der Waals surface area contributed by atoms with Crippen LogP contribution in [0.2, 0.25) is 0 Å². The van der Waals surface area contributed by atoms with E-state index in [-0.39, 0.29) is 6.10 Å². The first-order chi connectivity index (χ1) is 11.2. The molecular weight excluding hydrogens is 298 g/mol. The zero-order chi connectivity index (χ0) is 16.2. The molecule has 2 heterocycles. The van der Waals surface area contributed by atoms with E-state index in [0.29, 0.717) is 41.7 Å². The Morgan fingerprint density at radius 2 is 2.09 bits per heavy atom. The van der Waals surface area contributed by atoms with Crippen molar-refractivity contribution in [2.45, 2.75) is 20.0 Å². The lowest BCUT2D eigenvalue weighted by molar-refractivity contribution is 0.0851. The molecule has 0 saturated heterocycles. The summed E-state index contributed by atoms with van der Waals surface area (Å²) in [5.74, 6) is 1.45. The van der Waals surface area contributed by atoms with Crippen LogP contribution < -0.4 is 9.47 Å². The van der Waals surface area contributed by atoms with Crippen LogP contribution in [0.1, 0.15) is 25.0 Å². The number of hydrogen-bond acceptors (Lipinski definition) is 7. The summed E-state index contributed by atoms with van der Waals surface area (Å²) in [6.45, 7) is 4.63. The number of nitriles is 1. The maximum absolute atomic E-state index is 9.46. The van der Waals surface area contributed by atoms with Gasteiger partial charge in [-0.2, -0.15) is 15.0 Å². The summed E-state index contributed by atoms with van der Waals surface area (Å²) in [6.07, 6.45) is 2.76. The molecule has 1 aliphatic heterocycles. The Morgan fingerprint density at radius 1 is 1.35 bits per heavy atom. The van der Waals surface area contributed by atoms with Crippen molar-refractivity contribution in [3.63, 3.8) is 0 Å². The summed E-state index contributed by atoms with van der Waals surface area (Å²) < 4.78 is 12.5. The van der Waals surface area contributed by atoms with Gasteiger partial charge in [0.1, 0.15) is 38.0 Å². The first-order valence-corrected chi connectivity index (χ1v) is 7.12. The molecule has 0 amide bonds. The van der Waals surface area contributed by atoms with Gasteiger partial charge in [-0.25, -0.2) is 4.98 Å². The molecule has 2 aromatic rings. The van der Waals surface area contributed by atoms with Gasteiger partial charge in [-0.05, 0) is 19.9 Å². The van der Waals surface area contributed by atoms with Crippen LogP contribution in [0.25, 0.3) is 0 Å². The van der Waals surface area contributed by atoms with Crippen molar-refractivity contribution in [3.05, 3.63) is 35.9 Å². The topological polar surface area (TPSA) is 94.6 Å². The smallest absolute Gasteiger partial charge is 0.202 e. The monoisotopic (exact) mass is 313 g/mol. The number of aromatic nitrogens is 3. The predicted molar refractivity (Wildman–Crippen MR) is 80.3 cm³/mol. The largest absolute Gasteiger partial charge is 0.486 e. The minimum atomic E-state index is -0.115. The van der Waals surface area contributed by atoms with Gasteiger partial charge in [0.25, 0.3) is 0 Å². The van der Waals surface area contributed by atoms with E-state index >= 15 is 0 Å². The van der Waals surface area contributed by atoms with E-state index in [1.807, 2.05) is 13.8 Å². The predicted octanol–water partition coefficient (Wildman–Crippen LogP) is 1.56. The van der Waals surface area contributed by atoms with E-state index in [4.69, 9.17) is 14.3 Å². The van der Waals surface area contributed by atoms with E-state index in [9.17, 15) is 5.26 Å². The van der Waals surface area contributed by atoms with Gasteiger partial charge in [0.15, 0.2) is 11.5 Å². The first kappa shape index (κ1) is 14.8. The van der Waals surface area contributed by atoms with Crippen molar-refractivity contribution in [1.29, 1.82) is 5.26 Å². The minimum Gasteiger partial charge on any atom is -0.486 e. The Labute approximate surface area is 132 Å². The van der Waals surface area contributed by atoms with E-state index in [1.54, 1.807) is 12.1 Å². The highest BCUT2D eigenvalue weighted by Crippen LogP contribution is 2.33. The molecule has 1 aromatic heterocycles. The SMILES string of the molecule is CC(C)O/N=C(/c1cc2c(cc1C#N)OCCO2)n1cncn1. The van der Waals surface area contributed by atoms with Crippen LogP contribution >= 0.6 is 0 Å². The summed E-state index contributed by atoms with van der Waals surface area (Å²) in [4.78, 5) is 9.26. The molecule has 8 heteroatoms. The van der Waals surface area contributed by atoms with Gasteiger partial charge in [-0.1, -0.05) is 5.16 Å². The average molecular weight is 313 g/mol. The van der Waals surface area contributed by atoms with Gasteiger partial charge in [-0.3, -0.25) is 0 Å². The van der Waals surface area contributed by atoms with Crippen molar-refractivity contribution in [2.75, 3.05) is 13.2 Å². The lowest BCUT2D eigenvalue weighted by Crippen LogP contribution is -2.20. The van der Waals surface area contributed by atoms with Crippen molar-refractivity contribution >= 4 is 5.84 Å². The van der Waals surface area contributed by atoms with Gasteiger partial charge >= 0.3 is 0 Å². The summed E-state index contributed by atoms with van der Waals surface area (Å²) in [5.41, 5.74) is 0.916. The van der Waals surface area contributed by atoms with Crippen LogP contribution in [0.5, 0.6) is 11.5 Å². The van der Waals surface area contributed by atoms with E-state index in [2.05, 4.69) is 21.3 Å². The molecule has 0 fully saturated rings. The molecular formula is C15H15N5O3. The molecule has 0 radical (unpaired) electrons.